The number of rotatable bonds is 4. The van der Waals surface area contributed by atoms with E-state index in [0.29, 0.717) is 6.07 Å². The molecule has 2 aromatic carbocycles. The number of hydrogen-bond donors (Lipinski definition) is 1. The van der Waals surface area contributed by atoms with Crippen LogP contribution in [0.5, 0.6) is 0 Å². The molecular weight excluding hydrogens is 378 g/mol. The third-order valence-electron chi connectivity index (χ3n) is 4.43. The fourth-order valence-corrected chi connectivity index (χ4v) is 3.13. The van der Waals surface area contributed by atoms with Gasteiger partial charge in [-0.05, 0) is 24.3 Å². The van der Waals surface area contributed by atoms with E-state index in [9.17, 15) is 27.2 Å². The van der Waals surface area contributed by atoms with E-state index in [2.05, 4.69) is 5.32 Å². The molecule has 1 N–H and O–H groups in total. The molecule has 0 saturated carbocycles. The molecule has 1 aliphatic heterocycles. The molecular formula is C19H17F4N3O2. The molecule has 0 aliphatic carbocycles. The average Bonchev–Trinajstić information content (AvgIpc) is 2.95. The van der Waals surface area contributed by atoms with Gasteiger partial charge in [-0.15, -0.1) is 0 Å². The van der Waals surface area contributed by atoms with Crippen LogP contribution in [0, 0.1) is 29.2 Å². The van der Waals surface area contributed by atoms with Gasteiger partial charge in [0, 0.05) is 38.8 Å². The Balaban J connectivity index is 1.75. The second kappa shape index (κ2) is 7.49. The topological polar surface area (TPSA) is 52.7 Å². The zero-order chi connectivity index (χ0) is 20.6. The molecule has 5 nitrogen and oxygen atoms in total. The molecule has 0 aromatic heterocycles. The van der Waals surface area contributed by atoms with E-state index in [4.69, 9.17) is 0 Å². The van der Waals surface area contributed by atoms with Gasteiger partial charge in [-0.3, -0.25) is 9.59 Å². The van der Waals surface area contributed by atoms with Crippen molar-refractivity contribution in [2.75, 3.05) is 35.8 Å². The molecule has 0 radical (unpaired) electrons. The van der Waals surface area contributed by atoms with E-state index < -0.39 is 41.0 Å². The van der Waals surface area contributed by atoms with E-state index in [-0.39, 0.29) is 30.0 Å². The van der Waals surface area contributed by atoms with Gasteiger partial charge in [0.2, 0.25) is 11.8 Å². The summed E-state index contributed by atoms with van der Waals surface area (Å²) in [5.74, 6) is -5.39. The molecule has 1 unspecified atom stereocenters. The predicted octanol–water partition coefficient (Wildman–Crippen LogP) is 3.30. The van der Waals surface area contributed by atoms with Gasteiger partial charge in [-0.25, -0.2) is 17.6 Å². The van der Waals surface area contributed by atoms with E-state index in [0.717, 1.165) is 29.2 Å². The van der Waals surface area contributed by atoms with Gasteiger partial charge in [-0.2, -0.15) is 0 Å². The molecule has 1 fully saturated rings. The second-order valence-corrected chi connectivity index (χ2v) is 6.67. The Bertz CT molecular complexity index is 926. The number of benzene rings is 2. The normalized spacial score (nSPS) is 16.4. The molecule has 1 saturated heterocycles. The molecule has 1 heterocycles. The molecule has 0 spiro atoms. The number of nitrogens with one attached hydrogen (secondary N) is 1. The van der Waals surface area contributed by atoms with Crippen molar-refractivity contribution < 1.29 is 27.2 Å². The lowest BCUT2D eigenvalue weighted by Crippen LogP contribution is -2.28. The third kappa shape index (κ3) is 3.78. The van der Waals surface area contributed by atoms with E-state index in [1.807, 2.05) is 0 Å². The SMILES string of the molecule is CN(C)c1c(F)cc(NC(=O)C2CC(=O)N(c3ccc(F)cc3F)C2)cc1F. The van der Waals surface area contributed by atoms with Gasteiger partial charge in [0.1, 0.15) is 17.3 Å². The lowest BCUT2D eigenvalue weighted by molar-refractivity contribution is -0.122. The molecule has 28 heavy (non-hydrogen) atoms. The number of carbonyl (C=O) groups is 2. The van der Waals surface area contributed by atoms with E-state index in [1.165, 1.54) is 19.0 Å². The standard InChI is InChI=1S/C19H17F4N3O2/c1-25(2)18-14(22)7-12(8-15(18)23)24-19(28)10-5-17(27)26(9-10)16-4-3-11(20)6-13(16)21/h3-4,6-8,10H,5,9H2,1-2H3,(H,24,28). The van der Waals surface area contributed by atoms with Crippen molar-refractivity contribution in [1.29, 1.82) is 0 Å². The molecule has 1 aliphatic rings. The maximum atomic E-state index is 14.0. The van der Waals surface area contributed by atoms with Crippen LogP contribution >= 0.6 is 0 Å². The van der Waals surface area contributed by atoms with Crippen molar-refractivity contribution in [3.05, 3.63) is 53.6 Å². The molecule has 3 rings (SSSR count). The van der Waals surface area contributed by atoms with Gasteiger partial charge in [0.25, 0.3) is 0 Å². The van der Waals surface area contributed by atoms with Crippen LogP contribution in [0.3, 0.4) is 0 Å². The van der Waals surface area contributed by atoms with Crippen LogP contribution in [0.25, 0.3) is 0 Å². The number of amides is 2. The van der Waals surface area contributed by atoms with Crippen LogP contribution in [0.1, 0.15) is 6.42 Å². The van der Waals surface area contributed by atoms with Gasteiger partial charge in [0.05, 0.1) is 11.6 Å². The monoisotopic (exact) mass is 395 g/mol. The van der Waals surface area contributed by atoms with Gasteiger partial charge < -0.3 is 15.1 Å². The minimum Gasteiger partial charge on any atom is -0.373 e. The average molecular weight is 395 g/mol. The van der Waals surface area contributed by atoms with Crippen LogP contribution in [-0.4, -0.2) is 32.5 Å². The Morgan fingerprint density at radius 3 is 2.29 bits per heavy atom. The molecule has 2 amide bonds. The Kier molecular flexibility index (Phi) is 5.26. The number of carbonyl (C=O) groups excluding carboxylic acids is 2. The Morgan fingerprint density at radius 2 is 1.71 bits per heavy atom. The first-order valence-electron chi connectivity index (χ1n) is 8.40. The Morgan fingerprint density at radius 1 is 1.07 bits per heavy atom. The third-order valence-corrected chi connectivity index (χ3v) is 4.43. The minimum absolute atomic E-state index is 0.0931. The summed E-state index contributed by atoms with van der Waals surface area (Å²) in [6, 6.07) is 4.73. The molecule has 2 aromatic rings. The van der Waals surface area contributed by atoms with Crippen LogP contribution in [0.2, 0.25) is 0 Å². The number of nitrogens with zero attached hydrogens (tertiary/aromatic N) is 2. The van der Waals surface area contributed by atoms with E-state index in [1.54, 1.807) is 0 Å². The first-order chi connectivity index (χ1) is 13.2. The Labute approximate surface area is 158 Å². The fraction of sp³-hybridized carbons (Fsp3) is 0.263. The van der Waals surface area contributed by atoms with E-state index >= 15 is 0 Å². The summed E-state index contributed by atoms with van der Waals surface area (Å²) in [5, 5.41) is 2.38. The molecule has 148 valence electrons. The summed E-state index contributed by atoms with van der Waals surface area (Å²) < 4.78 is 55.1. The van der Waals surface area contributed by atoms with Crippen molar-refractivity contribution >= 4 is 28.9 Å². The highest BCUT2D eigenvalue weighted by Gasteiger charge is 2.36. The largest absolute Gasteiger partial charge is 0.373 e. The summed E-state index contributed by atoms with van der Waals surface area (Å²) in [6.45, 7) is -0.131. The van der Waals surface area contributed by atoms with Gasteiger partial charge >= 0.3 is 0 Å². The zero-order valence-electron chi connectivity index (χ0n) is 15.1. The van der Waals surface area contributed by atoms with Crippen LogP contribution in [-0.2, 0) is 9.59 Å². The fourth-order valence-electron chi connectivity index (χ4n) is 3.13. The van der Waals surface area contributed by atoms with Crippen LogP contribution < -0.4 is 15.1 Å². The maximum absolute atomic E-state index is 14.0. The lowest BCUT2D eigenvalue weighted by atomic mass is 10.1. The highest BCUT2D eigenvalue weighted by Crippen LogP contribution is 2.30. The smallest absolute Gasteiger partial charge is 0.229 e. The highest BCUT2D eigenvalue weighted by molar-refractivity contribution is 6.03. The summed E-state index contributed by atoms with van der Waals surface area (Å²) in [5.41, 5.74) is -0.467. The quantitative estimate of drug-likeness (QED) is 0.809. The molecule has 0 bridgehead atoms. The number of halogens is 4. The van der Waals surface area contributed by atoms with Crippen molar-refractivity contribution in [2.24, 2.45) is 5.92 Å². The lowest BCUT2D eigenvalue weighted by Gasteiger charge is -2.18. The van der Waals surface area contributed by atoms with Crippen molar-refractivity contribution in [2.45, 2.75) is 6.42 Å². The summed E-state index contributed by atoms with van der Waals surface area (Å²) in [6.07, 6.45) is -0.205. The second-order valence-electron chi connectivity index (χ2n) is 6.67. The first kappa shape index (κ1) is 19.7. The molecule has 1 atom stereocenters. The zero-order valence-corrected chi connectivity index (χ0v) is 15.1. The van der Waals surface area contributed by atoms with Crippen molar-refractivity contribution in [3.63, 3.8) is 0 Å². The minimum atomic E-state index is -0.919. The summed E-state index contributed by atoms with van der Waals surface area (Å²) in [4.78, 5) is 26.9. The van der Waals surface area contributed by atoms with Gasteiger partial charge in [-0.1, -0.05) is 0 Å². The summed E-state index contributed by atoms with van der Waals surface area (Å²) >= 11 is 0. The summed E-state index contributed by atoms with van der Waals surface area (Å²) in [7, 11) is 2.96. The predicted molar refractivity (Wildman–Crippen MR) is 96.1 cm³/mol. The van der Waals surface area contributed by atoms with Crippen LogP contribution in [0.4, 0.5) is 34.6 Å². The maximum Gasteiger partial charge on any atom is 0.229 e. The number of anilines is 3. The van der Waals surface area contributed by atoms with Crippen molar-refractivity contribution in [1.82, 2.24) is 0 Å². The first-order valence-corrected chi connectivity index (χ1v) is 8.40. The Hall–Kier alpha value is -3.10. The number of hydrogen-bond acceptors (Lipinski definition) is 3. The van der Waals surface area contributed by atoms with Crippen LogP contribution in [0.15, 0.2) is 30.3 Å². The highest BCUT2D eigenvalue weighted by atomic mass is 19.1. The van der Waals surface area contributed by atoms with Crippen molar-refractivity contribution in [3.8, 4) is 0 Å². The van der Waals surface area contributed by atoms with Gasteiger partial charge in [0.15, 0.2) is 11.6 Å². The molecule has 9 heteroatoms.